The standard InChI is InChI=1S/C22H25FN2O2S/c1-27-21-13-19-16(12-20(21)25-8-6-24-7-9-25)11-17(22(19)26)10-15-2-4-18(5-3-15)28-14-23/h2-5,12-13,17,24H,6-11,14H2,1H3. The maximum Gasteiger partial charge on any atom is 0.167 e. The fraction of sp³-hybridized carbons (Fsp3) is 0.409. The minimum atomic E-state index is -0.424. The van der Waals surface area contributed by atoms with E-state index < -0.39 is 6.01 Å². The van der Waals surface area contributed by atoms with Gasteiger partial charge in [0.15, 0.2) is 5.78 Å². The average Bonchev–Trinajstić information content (AvgIpc) is 3.04. The van der Waals surface area contributed by atoms with Crippen molar-refractivity contribution in [3.8, 4) is 5.75 Å². The molecule has 0 spiro atoms. The summed E-state index contributed by atoms with van der Waals surface area (Å²) in [6.07, 6.45) is 1.47. The van der Waals surface area contributed by atoms with Crippen LogP contribution in [0.4, 0.5) is 10.1 Å². The number of ketones is 1. The van der Waals surface area contributed by atoms with Gasteiger partial charge >= 0.3 is 0 Å². The van der Waals surface area contributed by atoms with Crippen molar-refractivity contribution in [3.63, 3.8) is 0 Å². The van der Waals surface area contributed by atoms with Crippen molar-refractivity contribution in [1.82, 2.24) is 5.32 Å². The lowest BCUT2D eigenvalue weighted by Gasteiger charge is -2.31. The number of alkyl halides is 1. The molecule has 1 saturated heterocycles. The molecule has 1 heterocycles. The van der Waals surface area contributed by atoms with Crippen LogP contribution in [0.3, 0.4) is 0 Å². The summed E-state index contributed by atoms with van der Waals surface area (Å²) >= 11 is 1.18. The number of hydrogen-bond acceptors (Lipinski definition) is 5. The van der Waals surface area contributed by atoms with E-state index in [1.807, 2.05) is 30.3 Å². The zero-order chi connectivity index (χ0) is 19.5. The molecule has 1 unspecified atom stereocenters. The number of methoxy groups -OCH3 is 1. The van der Waals surface area contributed by atoms with E-state index in [1.54, 1.807) is 7.11 Å². The highest BCUT2D eigenvalue weighted by Gasteiger charge is 2.32. The highest BCUT2D eigenvalue weighted by atomic mass is 32.2. The molecule has 1 N–H and O–H groups in total. The van der Waals surface area contributed by atoms with E-state index >= 15 is 0 Å². The maximum atomic E-state index is 13.0. The molecule has 0 amide bonds. The molecule has 0 saturated carbocycles. The lowest BCUT2D eigenvalue weighted by Crippen LogP contribution is -2.43. The van der Waals surface area contributed by atoms with Crippen LogP contribution in [0, 0.1) is 5.92 Å². The van der Waals surface area contributed by atoms with Gasteiger partial charge in [-0.1, -0.05) is 23.9 Å². The predicted octanol–water partition coefficient (Wildman–Crippen LogP) is 3.72. The molecule has 1 atom stereocenters. The maximum absolute atomic E-state index is 13.0. The smallest absolute Gasteiger partial charge is 0.167 e. The molecule has 2 aromatic rings. The van der Waals surface area contributed by atoms with Crippen LogP contribution in [-0.4, -0.2) is 45.1 Å². The summed E-state index contributed by atoms with van der Waals surface area (Å²) in [6.45, 7) is 3.79. The second-order valence-corrected chi connectivity index (χ2v) is 8.26. The van der Waals surface area contributed by atoms with Crippen LogP contribution < -0.4 is 15.0 Å². The summed E-state index contributed by atoms with van der Waals surface area (Å²) in [6, 6.07) is 11.5. The first-order chi connectivity index (χ1) is 13.7. The molecule has 148 valence electrons. The number of carbonyl (C=O) groups is 1. The van der Waals surface area contributed by atoms with E-state index in [-0.39, 0.29) is 11.7 Å². The molecule has 0 radical (unpaired) electrons. The van der Waals surface area contributed by atoms with Crippen molar-refractivity contribution in [2.24, 2.45) is 5.92 Å². The van der Waals surface area contributed by atoms with E-state index in [4.69, 9.17) is 4.74 Å². The Balaban J connectivity index is 1.53. The number of piperazine rings is 1. The van der Waals surface area contributed by atoms with E-state index in [1.165, 1.54) is 11.8 Å². The Morgan fingerprint density at radius 3 is 2.64 bits per heavy atom. The Hall–Kier alpha value is -2.05. The summed E-state index contributed by atoms with van der Waals surface area (Å²) in [5.74, 6) is 0.933. The Kier molecular flexibility index (Phi) is 5.87. The Labute approximate surface area is 169 Å². The third kappa shape index (κ3) is 3.89. The Morgan fingerprint density at radius 1 is 1.21 bits per heavy atom. The van der Waals surface area contributed by atoms with Crippen LogP contribution in [0.5, 0.6) is 5.75 Å². The zero-order valence-corrected chi connectivity index (χ0v) is 16.9. The van der Waals surface area contributed by atoms with Crippen molar-refractivity contribution < 1.29 is 13.9 Å². The lowest BCUT2D eigenvalue weighted by atomic mass is 9.96. The average molecular weight is 401 g/mol. The van der Waals surface area contributed by atoms with Crippen molar-refractivity contribution in [1.29, 1.82) is 0 Å². The first kappa shape index (κ1) is 19.3. The number of carbonyl (C=O) groups excluding carboxylic acids is 1. The van der Waals surface area contributed by atoms with Crippen molar-refractivity contribution in [2.75, 3.05) is 44.2 Å². The zero-order valence-electron chi connectivity index (χ0n) is 16.0. The number of nitrogens with zero attached hydrogens (tertiary/aromatic N) is 1. The van der Waals surface area contributed by atoms with E-state index in [0.717, 1.165) is 65.6 Å². The van der Waals surface area contributed by atoms with Crippen molar-refractivity contribution in [2.45, 2.75) is 17.7 Å². The van der Waals surface area contributed by atoms with Crippen LogP contribution in [0.1, 0.15) is 21.5 Å². The molecule has 4 rings (SSSR count). The number of benzene rings is 2. The van der Waals surface area contributed by atoms with Crippen LogP contribution in [0.15, 0.2) is 41.3 Å². The predicted molar refractivity (Wildman–Crippen MR) is 112 cm³/mol. The first-order valence-corrected chi connectivity index (χ1v) is 10.7. The first-order valence-electron chi connectivity index (χ1n) is 9.68. The number of nitrogens with one attached hydrogen (secondary N) is 1. The van der Waals surface area contributed by atoms with E-state index in [0.29, 0.717) is 6.42 Å². The van der Waals surface area contributed by atoms with Gasteiger partial charge in [0.2, 0.25) is 0 Å². The number of Topliss-reactive ketones (excluding diaryl/α,β-unsaturated/α-hetero) is 1. The summed E-state index contributed by atoms with van der Waals surface area (Å²) in [5, 5.41) is 3.37. The van der Waals surface area contributed by atoms with E-state index in [9.17, 15) is 9.18 Å². The van der Waals surface area contributed by atoms with Crippen LogP contribution in [0.2, 0.25) is 0 Å². The number of hydrogen-bond donors (Lipinski definition) is 1. The van der Waals surface area contributed by atoms with Crippen LogP contribution in [-0.2, 0) is 12.8 Å². The molecule has 4 nitrogen and oxygen atoms in total. The lowest BCUT2D eigenvalue weighted by molar-refractivity contribution is 0.0936. The summed E-state index contributed by atoms with van der Waals surface area (Å²) in [7, 11) is 1.67. The minimum absolute atomic E-state index is 0.0438. The molecule has 1 fully saturated rings. The second kappa shape index (κ2) is 8.53. The largest absolute Gasteiger partial charge is 0.495 e. The Morgan fingerprint density at radius 2 is 1.96 bits per heavy atom. The molecule has 6 heteroatoms. The topological polar surface area (TPSA) is 41.6 Å². The number of halogens is 1. The number of ether oxygens (including phenoxy) is 1. The second-order valence-electron chi connectivity index (χ2n) is 7.29. The fourth-order valence-corrected chi connectivity index (χ4v) is 4.59. The van der Waals surface area contributed by atoms with Crippen molar-refractivity contribution >= 4 is 23.2 Å². The monoisotopic (exact) mass is 400 g/mol. The van der Waals surface area contributed by atoms with Crippen molar-refractivity contribution in [3.05, 3.63) is 53.1 Å². The highest BCUT2D eigenvalue weighted by molar-refractivity contribution is 7.99. The third-order valence-corrected chi connectivity index (χ3v) is 6.31. The van der Waals surface area contributed by atoms with Gasteiger partial charge in [-0.15, -0.1) is 0 Å². The SMILES string of the molecule is COc1cc2c(cc1N1CCNCC1)CC(Cc1ccc(SCF)cc1)C2=O. The Bertz CT molecular complexity index is 850. The van der Waals surface area contributed by atoms with Gasteiger partial charge < -0.3 is 15.0 Å². The molecular formula is C22H25FN2O2S. The summed E-state index contributed by atoms with van der Waals surface area (Å²) in [4.78, 5) is 16.2. The van der Waals surface area contributed by atoms with Gasteiger partial charge in [-0.3, -0.25) is 4.79 Å². The number of fused-ring (bicyclic) bond motifs is 1. The number of thioether (sulfide) groups is 1. The summed E-state index contributed by atoms with van der Waals surface area (Å²) < 4.78 is 18.1. The quantitative estimate of drug-likeness (QED) is 0.749. The van der Waals surface area contributed by atoms with Crippen LogP contribution >= 0.6 is 11.8 Å². The summed E-state index contributed by atoms with van der Waals surface area (Å²) in [5.41, 5.74) is 4.12. The van der Waals surface area contributed by atoms with Gasteiger partial charge in [-0.25, -0.2) is 4.39 Å². The molecule has 2 aliphatic rings. The van der Waals surface area contributed by atoms with Gasteiger partial charge in [-0.2, -0.15) is 0 Å². The van der Waals surface area contributed by atoms with Gasteiger partial charge in [-0.05, 0) is 48.2 Å². The minimum Gasteiger partial charge on any atom is -0.495 e. The normalized spacial score (nSPS) is 19.0. The molecule has 2 aromatic carbocycles. The fourth-order valence-electron chi connectivity index (χ4n) is 4.14. The van der Waals surface area contributed by atoms with E-state index in [2.05, 4.69) is 16.3 Å². The highest BCUT2D eigenvalue weighted by Crippen LogP contribution is 2.38. The van der Waals surface area contributed by atoms with Gasteiger partial charge in [0.05, 0.1) is 12.8 Å². The van der Waals surface area contributed by atoms with Gasteiger partial charge in [0.1, 0.15) is 11.8 Å². The molecule has 0 aromatic heterocycles. The molecule has 0 bridgehead atoms. The van der Waals surface area contributed by atoms with Gasteiger partial charge in [0, 0.05) is 42.6 Å². The molecular weight excluding hydrogens is 375 g/mol. The molecule has 28 heavy (non-hydrogen) atoms. The third-order valence-electron chi connectivity index (χ3n) is 5.59. The number of rotatable bonds is 6. The van der Waals surface area contributed by atoms with Gasteiger partial charge in [0.25, 0.3) is 0 Å². The molecule has 1 aliphatic carbocycles. The van der Waals surface area contributed by atoms with Crippen LogP contribution in [0.25, 0.3) is 0 Å². The number of anilines is 1. The molecule has 1 aliphatic heterocycles.